The highest BCUT2D eigenvalue weighted by atomic mass is 16.5. The molecule has 2 atom stereocenters. The van der Waals surface area contributed by atoms with Crippen molar-refractivity contribution in [3.8, 4) is 5.75 Å². The van der Waals surface area contributed by atoms with E-state index in [9.17, 15) is 0 Å². The molecule has 1 saturated heterocycles. The van der Waals surface area contributed by atoms with E-state index in [-0.39, 0.29) is 6.10 Å². The van der Waals surface area contributed by atoms with Gasteiger partial charge < -0.3 is 14.8 Å². The Morgan fingerprint density at radius 1 is 1.29 bits per heavy atom. The monoisotopic (exact) mass is 235 g/mol. The number of anilines is 1. The highest BCUT2D eigenvalue weighted by Gasteiger charge is 2.23. The summed E-state index contributed by atoms with van der Waals surface area (Å²) in [5.41, 5.74) is 1.13. The van der Waals surface area contributed by atoms with E-state index in [4.69, 9.17) is 9.47 Å². The lowest BCUT2D eigenvalue weighted by Gasteiger charge is -2.18. The van der Waals surface area contributed by atoms with E-state index in [2.05, 4.69) is 24.4 Å². The third-order valence-electron chi connectivity index (χ3n) is 2.95. The zero-order valence-electron chi connectivity index (χ0n) is 10.8. The molecule has 0 saturated carbocycles. The second-order valence-electron chi connectivity index (χ2n) is 4.81. The second-order valence-corrected chi connectivity index (χ2v) is 4.81. The van der Waals surface area contributed by atoms with Crippen LogP contribution in [0, 0.1) is 0 Å². The molecule has 17 heavy (non-hydrogen) atoms. The minimum Gasteiger partial charge on any atom is -0.491 e. The minimum atomic E-state index is 0.220. The first-order valence-corrected chi connectivity index (χ1v) is 6.30. The largest absolute Gasteiger partial charge is 0.491 e. The van der Waals surface area contributed by atoms with Gasteiger partial charge in [-0.25, -0.2) is 0 Å². The fourth-order valence-electron chi connectivity index (χ4n) is 2.04. The number of benzene rings is 1. The Balaban J connectivity index is 1.93. The van der Waals surface area contributed by atoms with Crippen molar-refractivity contribution in [1.29, 1.82) is 0 Å². The van der Waals surface area contributed by atoms with Crippen molar-refractivity contribution in [2.45, 2.75) is 45.4 Å². The molecule has 2 unspecified atom stereocenters. The molecule has 1 aliphatic heterocycles. The maximum atomic E-state index is 5.61. The summed E-state index contributed by atoms with van der Waals surface area (Å²) >= 11 is 0. The van der Waals surface area contributed by atoms with Crippen molar-refractivity contribution in [3.05, 3.63) is 24.3 Å². The number of nitrogens with one attached hydrogen (secondary N) is 1. The van der Waals surface area contributed by atoms with Crippen LogP contribution < -0.4 is 10.1 Å². The van der Waals surface area contributed by atoms with Gasteiger partial charge in [-0.15, -0.1) is 0 Å². The number of ether oxygens (including phenoxy) is 2. The molecule has 94 valence electrons. The fourth-order valence-corrected chi connectivity index (χ4v) is 2.04. The average molecular weight is 235 g/mol. The van der Waals surface area contributed by atoms with Crippen LogP contribution in [-0.4, -0.2) is 24.9 Å². The van der Waals surface area contributed by atoms with Gasteiger partial charge in [-0.3, -0.25) is 0 Å². The van der Waals surface area contributed by atoms with E-state index in [1.54, 1.807) is 0 Å². The van der Waals surface area contributed by atoms with Crippen LogP contribution in [-0.2, 0) is 4.74 Å². The molecule has 1 heterocycles. The Morgan fingerprint density at radius 2 is 2.00 bits per heavy atom. The molecule has 0 radical (unpaired) electrons. The lowest BCUT2D eigenvalue weighted by Crippen LogP contribution is -2.26. The van der Waals surface area contributed by atoms with Gasteiger partial charge in [-0.2, -0.15) is 0 Å². The van der Waals surface area contributed by atoms with Crippen LogP contribution in [0.3, 0.4) is 0 Å². The van der Waals surface area contributed by atoms with Crippen molar-refractivity contribution < 1.29 is 9.47 Å². The zero-order chi connectivity index (χ0) is 12.3. The molecule has 0 spiro atoms. The molecule has 1 aliphatic rings. The Bertz CT molecular complexity index is 348. The Morgan fingerprint density at radius 3 is 2.53 bits per heavy atom. The molecule has 1 aromatic carbocycles. The van der Waals surface area contributed by atoms with Crippen molar-refractivity contribution >= 4 is 5.69 Å². The third-order valence-corrected chi connectivity index (χ3v) is 2.95. The highest BCUT2D eigenvalue weighted by Crippen LogP contribution is 2.21. The topological polar surface area (TPSA) is 30.5 Å². The average Bonchev–Trinajstić information content (AvgIpc) is 2.67. The van der Waals surface area contributed by atoms with E-state index >= 15 is 0 Å². The van der Waals surface area contributed by atoms with Gasteiger partial charge in [0.1, 0.15) is 5.75 Å². The third kappa shape index (κ3) is 3.37. The number of rotatable bonds is 4. The van der Waals surface area contributed by atoms with Crippen molar-refractivity contribution in [2.75, 3.05) is 11.9 Å². The molecule has 0 aliphatic carbocycles. The zero-order valence-corrected chi connectivity index (χ0v) is 10.8. The Hall–Kier alpha value is -1.22. The first kappa shape index (κ1) is 12.2. The maximum absolute atomic E-state index is 5.61. The second kappa shape index (κ2) is 5.41. The van der Waals surface area contributed by atoms with Crippen LogP contribution in [0.15, 0.2) is 24.3 Å². The summed E-state index contributed by atoms with van der Waals surface area (Å²) in [5.74, 6) is 0.918. The molecule has 1 fully saturated rings. The minimum absolute atomic E-state index is 0.220. The van der Waals surface area contributed by atoms with Crippen LogP contribution >= 0.6 is 0 Å². The van der Waals surface area contributed by atoms with Crippen molar-refractivity contribution in [3.63, 3.8) is 0 Å². The molecule has 1 aromatic rings. The van der Waals surface area contributed by atoms with Crippen LogP contribution in [0.2, 0.25) is 0 Å². The molecule has 0 aromatic heterocycles. The summed E-state index contributed by atoms with van der Waals surface area (Å²) < 4.78 is 11.1. The van der Waals surface area contributed by atoms with Crippen LogP contribution in [0.1, 0.15) is 27.2 Å². The maximum Gasteiger partial charge on any atom is 0.119 e. The van der Waals surface area contributed by atoms with Gasteiger partial charge in [0, 0.05) is 12.3 Å². The first-order chi connectivity index (χ1) is 8.15. The summed E-state index contributed by atoms with van der Waals surface area (Å²) in [6, 6.07) is 8.55. The van der Waals surface area contributed by atoms with E-state index < -0.39 is 0 Å². The van der Waals surface area contributed by atoms with Gasteiger partial charge in [0.25, 0.3) is 0 Å². The molecule has 1 N–H and O–H groups in total. The standard InChI is InChI=1S/C14H21NO2/c1-10(2)17-13-6-4-12(5-7-13)15-14-8-9-16-11(14)3/h4-7,10-11,14-15H,8-9H2,1-3H3. The molecule has 0 bridgehead atoms. The van der Waals surface area contributed by atoms with Gasteiger partial charge in [-0.1, -0.05) is 0 Å². The molecular weight excluding hydrogens is 214 g/mol. The van der Waals surface area contributed by atoms with Gasteiger partial charge >= 0.3 is 0 Å². The molecule has 2 rings (SSSR count). The van der Waals surface area contributed by atoms with E-state index in [1.807, 2.05) is 26.0 Å². The van der Waals surface area contributed by atoms with E-state index in [0.29, 0.717) is 12.1 Å². The highest BCUT2D eigenvalue weighted by molar-refractivity contribution is 5.47. The summed E-state index contributed by atoms with van der Waals surface area (Å²) in [5, 5.41) is 3.49. The number of hydrogen-bond acceptors (Lipinski definition) is 3. The fraction of sp³-hybridized carbons (Fsp3) is 0.571. The quantitative estimate of drug-likeness (QED) is 0.870. The summed E-state index contributed by atoms with van der Waals surface area (Å²) in [7, 11) is 0. The van der Waals surface area contributed by atoms with Crippen molar-refractivity contribution in [1.82, 2.24) is 0 Å². The first-order valence-electron chi connectivity index (χ1n) is 6.30. The SMILES string of the molecule is CC(C)Oc1ccc(NC2CCOC2C)cc1. The predicted octanol–water partition coefficient (Wildman–Crippen LogP) is 3.06. The van der Waals surface area contributed by atoms with Gasteiger partial charge in [0.05, 0.1) is 18.2 Å². The van der Waals surface area contributed by atoms with E-state index in [0.717, 1.165) is 24.5 Å². The van der Waals surface area contributed by atoms with Gasteiger partial charge in [0.2, 0.25) is 0 Å². The molecular formula is C14H21NO2. The summed E-state index contributed by atoms with van der Waals surface area (Å²) in [6.45, 7) is 7.03. The molecule has 0 amide bonds. The smallest absolute Gasteiger partial charge is 0.119 e. The van der Waals surface area contributed by atoms with Gasteiger partial charge in [-0.05, 0) is 51.5 Å². The number of hydrogen-bond donors (Lipinski definition) is 1. The van der Waals surface area contributed by atoms with Gasteiger partial charge in [0.15, 0.2) is 0 Å². The van der Waals surface area contributed by atoms with Crippen LogP contribution in [0.5, 0.6) is 5.75 Å². The molecule has 3 heteroatoms. The van der Waals surface area contributed by atoms with E-state index in [1.165, 1.54) is 0 Å². The lowest BCUT2D eigenvalue weighted by atomic mass is 10.1. The summed E-state index contributed by atoms with van der Waals surface area (Å²) in [6.07, 6.45) is 1.59. The normalized spacial score (nSPS) is 24.0. The molecule has 3 nitrogen and oxygen atoms in total. The van der Waals surface area contributed by atoms with Crippen LogP contribution in [0.4, 0.5) is 5.69 Å². The van der Waals surface area contributed by atoms with Crippen molar-refractivity contribution in [2.24, 2.45) is 0 Å². The predicted molar refractivity (Wildman–Crippen MR) is 69.6 cm³/mol. The summed E-state index contributed by atoms with van der Waals surface area (Å²) in [4.78, 5) is 0. The lowest BCUT2D eigenvalue weighted by molar-refractivity contribution is 0.121. The van der Waals surface area contributed by atoms with Crippen LogP contribution in [0.25, 0.3) is 0 Å². The Labute approximate surface area is 103 Å². The Kier molecular flexibility index (Phi) is 3.89.